The number of para-hydroxylation sites is 1. The minimum Gasteiger partial charge on any atom is -0.480 e. The number of carbonyl (C=O) groups excluding carboxylic acids is 1. The fourth-order valence-electron chi connectivity index (χ4n) is 1.64. The van der Waals surface area contributed by atoms with Crippen LogP contribution in [0.1, 0.15) is 18.9 Å². The Labute approximate surface area is 116 Å². The van der Waals surface area contributed by atoms with Crippen LogP contribution in [0.15, 0.2) is 35.8 Å². The zero-order valence-electron chi connectivity index (χ0n) is 10.9. The molecule has 0 aliphatic rings. The van der Waals surface area contributed by atoms with Crippen molar-refractivity contribution in [3.05, 3.63) is 41.4 Å². The van der Waals surface area contributed by atoms with Crippen LogP contribution >= 0.6 is 11.3 Å². The molecule has 4 nitrogen and oxygen atoms in total. The zero-order valence-corrected chi connectivity index (χ0v) is 11.7. The second-order valence-electron chi connectivity index (χ2n) is 4.11. The molecule has 2 aromatic rings. The summed E-state index contributed by atoms with van der Waals surface area (Å²) in [5, 5.41) is 5.17. The molecule has 0 saturated heterocycles. The highest BCUT2D eigenvalue weighted by atomic mass is 32.1. The molecule has 0 unspecified atom stereocenters. The number of thiazole rings is 1. The van der Waals surface area contributed by atoms with E-state index in [1.807, 2.05) is 43.5 Å². The molecule has 100 valence electrons. The number of hydrogen-bond donors (Lipinski definition) is 1. The molecule has 0 spiro atoms. The number of carbonyl (C=O) groups is 1. The number of aryl methyl sites for hydroxylation is 1. The first-order chi connectivity index (χ1) is 9.20. The molecule has 0 radical (unpaired) electrons. The second-order valence-corrected chi connectivity index (χ2v) is 5.00. The Kier molecular flexibility index (Phi) is 4.52. The van der Waals surface area contributed by atoms with Gasteiger partial charge in [-0.15, -0.1) is 11.3 Å². The highest BCUT2D eigenvalue weighted by Crippen LogP contribution is 2.20. The number of anilines is 1. The van der Waals surface area contributed by atoms with E-state index in [9.17, 15) is 4.79 Å². The molecule has 1 N–H and O–H groups in total. The molecule has 0 aliphatic carbocycles. The molecule has 1 aromatic heterocycles. The molecule has 0 saturated carbocycles. The van der Waals surface area contributed by atoms with E-state index in [1.54, 1.807) is 6.20 Å². The number of nitrogens with one attached hydrogen (secondary N) is 1. The zero-order chi connectivity index (χ0) is 13.7. The van der Waals surface area contributed by atoms with Crippen molar-refractivity contribution in [1.29, 1.82) is 0 Å². The minimum atomic E-state index is -0.509. The largest absolute Gasteiger partial charge is 0.480 e. The third-order valence-electron chi connectivity index (χ3n) is 2.69. The van der Waals surface area contributed by atoms with Gasteiger partial charge < -0.3 is 4.74 Å². The maximum atomic E-state index is 12.1. The van der Waals surface area contributed by atoms with Crippen molar-refractivity contribution < 1.29 is 9.53 Å². The molecule has 1 aromatic carbocycles. The van der Waals surface area contributed by atoms with Gasteiger partial charge in [0.2, 0.25) is 0 Å². The summed E-state index contributed by atoms with van der Waals surface area (Å²) in [6, 6.07) is 7.67. The predicted molar refractivity (Wildman–Crippen MR) is 76.6 cm³/mol. The summed E-state index contributed by atoms with van der Waals surface area (Å²) in [7, 11) is 0. The van der Waals surface area contributed by atoms with Gasteiger partial charge in [0, 0.05) is 11.6 Å². The van der Waals surface area contributed by atoms with Gasteiger partial charge in [0.15, 0.2) is 11.2 Å². The van der Waals surface area contributed by atoms with Crippen molar-refractivity contribution in [2.45, 2.75) is 26.4 Å². The molecule has 5 heteroatoms. The van der Waals surface area contributed by atoms with Gasteiger partial charge in [-0.25, -0.2) is 4.98 Å². The first-order valence-electron chi connectivity index (χ1n) is 6.13. The molecule has 1 amide bonds. The summed E-state index contributed by atoms with van der Waals surface area (Å²) in [6.45, 7) is 3.88. The molecule has 2 rings (SSSR count). The van der Waals surface area contributed by atoms with Gasteiger partial charge in [0.05, 0.1) is 0 Å². The number of ether oxygens (including phenoxy) is 1. The van der Waals surface area contributed by atoms with E-state index in [2.05, 4.69) is 10.3 Å². The Balaban J connectivity index is 2.04. The summed E-state index contributed by atoms with van der Waals surface area (Å²) in [5.41, 5.74) is 1.02. The monoisotopic (exact) mass is 276 g/mol. The Morgan fingerprint density at radius 1 is 1.47 bits per heavy atom. The van der Waals surface area contributed by atoms with Crippen LogP contribution in [0.25, 0.3) is 0 Å². The third kappa shape index (κ3) is 3.54. The standard InChI is InChI=1S/C14H16N2O2S/c1-3-11(13(17)16-14-15-8-9-19-14)18-12-7-5-4-6-10(12)2/h4-9,11H,3H2,1-2H3,(H,15,16,17)/t11-/m0/s1. The number of rotatable bonds is 5. The normalized spacial score (nSPS) is 11.9. The van der Waals surface area contributed by atoms with Crippen molar-refractivity contribution in [3.8, 4) is 5.75 Å². The van der Waals surface area contributed by atoms with Gasteiger partial charge >= 0.3 is 0 Å². The third-order valence-corrected chi connectivity index (χ3v) is 3.38. The lowest BCUT2D eigenvalue weighted by molar-refractivity contribution is -0.122. The van der Waals surface area contributed by atoms with Crippen LogP contribution in [0.3, 0.4) is 0 Å². The lowest BCUT2D eigenvalue weighted by Crippen LogP contribution is -2.32. The predicted octanol–water partition coefficient (Wildman–Crippen LogP) is 3.25. The molecular weight excluding hydrogens is 260 g/mol. The van der Waals surface area contributed by atoms with Crippen LogP contribution in [0.2, 0.25) is 0 Å². The SMILES string of the molecule is CC[C@H](Oc1ccccc1C)C(=O)Nc1nccs1. The summed E-state index contributed by atoms with van der Waals surface area (Å²) in [4.78, 5) is 16.1. The first kappa shape index (κ1) is 13.5. The Morgan fingerprint density at radius 3 is 2.89 bits per heavy atom. The van der Waals surface area contributed by atoms with Gasteiger partial charge in [0.1, 0.15) is 5.75 Å². The molecule has 19 heavy (non-hydrogen) atoms. The highest BCUT2D eigenvalue weighted by Gasteiger charge is 2.19. The van der Waals surface area contributed by atoms with Crippen LogP contribution in [-0.2, 0) is 4.79 Å². The molecule has 1 atom stereocenters. The highest BCUT2D eigenvalue weighted by molar-refractivity contribution is 7.13. The maximum absolute atomic E-state index is 12.1. The second kappa shape index (κ2) is 6.33. The maximum Gasteiger partial charge on any atom is 0.267 e. The number of hydrogen-bond acceptors (Lipinski definition) is 4. The van der Waals surface area contributed by atoms with Crippen molar-refractivity contribution in [1.82, 2.24) is 4.98 Å². The van der Waals surface area contributed by atoms with E-state index < -0.39 is 6.10 Å². The van der Waals surface area contributed by atoms with Crippen molar-refractivity contribution in [3.63, 3.8) is 0 Å². The number of nitrogens with zero attached hydrogens (tertiary/aromatic N) is 1. The average Bonchev–Trinajstić information content (AvgIpc) is 2.90. The van der Waals surface area contributed by atoms with Crippen LogP contribution in [0, 0.1) is 6.92 Å². The van der Waals surface area contributed by atoms with Crippen LogP contribution in [0.5, 0.6) is 5.75 Å². The van der Waals surface area contributed by atoms with Crippen LogP contribution in [0.4, 0.5) is 5.13 Å². The summed E-state index contributed by atoms with van der Waals surface area (Å²) >= 11 is 1.39. The molecule has 1 heterocycles. The van der Waals surface area contributed by atoms with Gasteiger partial charge in [-0.2, -0.15) is 0 Å². The molecule has 0 fully saturated rings. The van der Waals surface area contributed by atoms with E-state index >= 15 is 0 Å². The van der Waals surface area contributed by atoms with E-state index in [-0.39, 0.29) is 5.91 Å². The van der Waals surface area contributed by atoms with E-state index in [4.69, 9.17) is 4.74 Å². The van der Waals surface area contributed by atoms with Crippen molar-refractivity contribution in [2.24, 2.45) is 0 Å². The van der Waals surface area contributed by atoms with Gasteiger partial charge in [-0.3, -0.25) is 10.1 Å². The van der Waals surface area contributed by atoms with Crippen LogP contribution in [-0.4, -0.2) is 17.0 Å². The topological polar surface area (TPSA) is 51.2 Å². The summed E-state index contributed by atoms with van der Waals surface area (Å²) in [6.07, 6.45) is 1.75. The lowest BCUT2D eigenvalue weighted by atomic mass is 10.2. The number of aromatic nitrogens is 1. The Bertz CT molecular complexity index is 540. The van der Waals surface area contributed by atoms with Gasteiger partial charge in [-0.05, 0) is 25.0 Å². The summed E-state index contributed by atoms with van der Waals surface area (Å²) in [5.74, 6) is 0.573. The summed E-state index contributed by atoms with van der Waals surface area (Å²) < 4.78 is 5.77. The van der Waals surface area contributed by atoms with Crippen LogP contribution < -0.4 is 10.1 Å². The Hall–Kier alpha value is -1.88. The van der Waals surface area contributed by atoms with Gasteiger partial charge in [-0.1, -0.05) is 25.1 Å². The first-order valence-corrected chi connectivity index (χ1v) is 7.01. The lowest BCUT2D eigenvalue weighted by Gasteiger charge is -2.17. The number of amides is 1. The van der Waals surface area contributed by atoms with Gasteiger partial charge in [0.25, 0.3) is 5.91 Å². The molecule has 0 bridgehead atoms. The smallest absolute Gasteiger partial charge is 0.267 e. The fourth-order valence-corrected chi connectivity index (χ4v) is 2.17. The minimum absolute atomic E-state index is 0.166. The molecular formula is C14H16N2O2S. The quantitative estimate of drug-likeness (QED) is 0.912. The van der Waals surface area contributed by atoms with E-state index in [1.165, 1.54) is 11.3 Å². The van der Waals surface area contributed by atoms with E-state index in [0.29, 0.717) is 11.6 Å². The molecule has 0 aliphatic heterocycles. The Morgan fingerprint density at radius 2 is 2.26 bits per heavy atom. The van der Waals surface area contributed by atoms with Crippen molar-refractivity contribution in [2.75, 3.05) is 5.32 Å². The fraction of sp³-hybridized carbons (Fsp3) is 0.286. The van der Waals surface area contributed by atoms with E-state index in [0.717, 1.165) is 11.3 Å². The van der Waals surface area contributed by atoms with Crippen molar-refractivity contribution >= 4 is 22.4 Å². The average molecular weight is 276 g/mol. The number of benzene rings is 1.